The second-order valence-electron chi connectivity index (χ2n) is 2.73. The molecular weight excluding hydrogens is 158 g/mol. The third-order valence-electron chi connectivity index (χ3n) is 1.85. The monoisotopic (exact) mass is 167 g/mol. The molecule has 2 aliphatic heterocycles. The molecule has 2 heterocycles. The molecule has 0 unspecified atom stereocenters. The van der Waals surface area contributed by atoms with Crippen LogP contribution in [0.15, 0.2) is 23.9 Å². The van der Waals surface area contributed by atoms with Gasteiger partial charge in [0.1, 0.15) is 5.82 Å². The lowest BCUT2D eigenvalue weighted by Crippen LogP contribution is -2.42. The Morgan fingerprint density at radius 1 is 1.67 bits per heavy atom. The number of nitrogens with one attached hydrogen (secondary N) is 1. The molecule has 0 fully saturated rings. The number of hydrogen-bond acceptors (Lipinski definition) is 4. The number of aliphatic hydroxyl groups is 1. The topological polar surface area (TPSA) is 55.8 Å². The molecular formula is C7H9N3O2. The highest BCUT2D eigenvalue weighted by molar-refractivity contribution is 5.90. The van der Waals surface area contributed by atoms with Crippen LogP contribution in [-0.2, 0) is 4.79 Å². The number of amides is 1. The normalized spacial score (nSPS) is 23.1. The summed E-state index contributed by atoms with van der Waals surface area (Å²) in [7, 11) is 1.82. The van der Waals surface area contributed by atoms with Crippen LogP contribution in [0.25, 0.3) is 0 Å². The average Bonchev–Trinajstić information content (AvgIpc) is 2.31. The molecule has 12 heavy (non-hydrogen) atoms. The number of carbonyl (C=O) groups is 1. The van der Waals surface area contributed by atoms with Crippen LogP contribution in [-0.4, -0.2) is 34.6 Å². The van der Waals surface area contributed by atoms with Crippen molar-refractivity contribution in [2.45, 2.75) is 0 Å². The lowest BCUT2D eigenvalue weighted by molar-refractivity contribution is -0.118. The van der Waals surface area contributed by atoms with Crippen LogP contribution in [0.3, 0.4) is 0 Å². The standard InChI is InChI=1S/C7H9N3O2/c1-9-3-2-5-8-6(11)4-7(12)10(5)9/h2,4,12H,3H2,1H3,(H,8,11). The Bertz CT molecular complexity index is 293. The Kier molecular flexibility index (Phi) is 1.34. The van der Waals surface area contributed by atoms with Crippen molar-refractivity contribution in [1.82, 2.24) is 15.3 Å². The van der Waals surface area contributed by atoms with E-state index >= 15 is 0 Å². The van der Waals surface area contributed by atoms with Crippen LogP contribution < -0.4 is 5.32 Å². The Labute approximate surface area is 69.5 Å². The van der Waals surface area contributed by atoms with Crippen LogP contribution in [0.5, 0.6) is 0 Å². The van der Waals surface area contributed by atoms with Crippen molar-refractivity contribution in [2.24, 2.45) is 0 Å². The average molecular weight is 167 g/mol. The summed E-state index contributed by atoms with van der Waals surface area (Å²) in [6.07, 6.45) is 2.99. The molecule has 0 aromatic rings. The molecule has 2 rings (SSSR count). The van der Waals surface area contributed by atoms with Gasteiger partial charge in [-0.15, -0.1) is 0 Å². The van der Waals surface area contributed by atoms with Gasteiger partial charge in [0.05, 0.1) is 6.08 Å². The highest BCUT2D eigenvalue weighted by Crippen LogP contribution is 2.20. The molecule has 64 valence electrons. The van der Waals surface area contributed by atoms with Gasteiger partial charge in [-0.05, 0) is 6.08 Å². The number of nitrogens with zero attached hydrogens (tertiary/aromatic N) is 2. The van der Waals surface area contributed by atoms with E-state index in [4.69, 9.17) is 0 Å². The molecule has 5 nitrogen and oxygen atoms in total. The van der Waals surface area contributed by atoms with Gasteiger partial charge in [-0.25, -0.2) is 10.0 Å². The molecule has 0 atom stereocenters. The Hall–Kier alpha value is -1.49. The Morgan fingerprint density at radius 2 is 2.42 bits per heavy atom. The van der Waals surface area contributed by atoms with Crippen molar-refractivity contribution in [3.8, 4) is 0 Å². The van der Waals surface area contributed by atoms with Gasteiger partial charge in [0, 0.05) is 13.6 Å². The number of likely N-dealkylation sites (N-methyl/N-ethyl adjacent to an activating group) is 1. The van der Waals surface area contributed by atoms with Crippen molar-refractivity contribution >= 4 is 5.91 Å². The zero-order valence-electron chi connectivity index (χ0n) is 6.61. The molecule has 0 bridgehead atoms. The van der Waals surface area contributed by atoms with Crippen LogP contribution >= 0.6 is 0 Å². The summed E-state index contributed by atoms with van der Waals surface area (Å²) in [5.41, 5.74) is 0. The number of hydrogen-bond donors (Lipinski definition) is 2. The van der Waals surface area contributed by atoms with E-state index in [1.807, 2.05) is 13.1 Å². The number of carbonyl (C=O) groups excluding carboxylic acids is 1. The van der Waals surface area contributed by atoms with E-state index in [1.54, 1.807) is 10.0 Å². The predicted octanol–water partition coefficient (Wildman–Crippen LogP) is -0.481. The first-order valence-electron chi connectivity index (χ1n) is 3.61. The minimum Gasteiger partial charge on any atom is -0.493 e. The maximum absolute atomic E-state index is 10.9. The molecule has 0 saturated heterocycles. The highest BCUT2D eigenvalue weighted by atomic mass is 16.3. The van der Waals surface area contributed by atoms with Gasteiger partial charge >= 0.3 is 0 Å². The third-order valence-corrected chi connectivity index (χ3v) is 1.85. The SMILES string of the molecule is CN1CC=C2NC(=O)C=C(O)N21. The largest absolute Gasteiger partial charge is 0.493 e. The number of aliphatic hydroxyl groups excluding tert-OH is 1. The summed E-state index contributed by atoms with van der Waals surface area (Å²) in [5.74, 6) is 0.304. The van der Waals surface area contributed by atoms with Crippen LogP contribution in [0.2, 0.25) is 0 Å². The van der Waals surface area contributed by atoms with E-state index in [0.29, 0.717) is 12.4 Å². The molecule has 0 radical (unpaired) electrons. The smallest absolute Gasteiger partial charge is 0.254 e. The van der Waals surface area contributed by atoms with Crippen LogP contribution in [0.4, 0.5) is 0 Å². The van der Waals surface area contributed by atoms with Gasteiger partial charge < -0.3 is 10.4 Å². The first kappa shape index (κ1) is 7.17. The maximum atomic E-state index is 10.9. The lowest BCUT2D eigenvalue weighted by Gasteiger charge is -2.30. The van der Waals surface area contributed by atoms with Crippen molar-refractivity contribution < 1.29 is 9.90 Å². The first-order chi connectivity index (χ1) is 5.68. The number of hydrazine groups is 1. The van der Waals surface area contributed by atoms with E-state index in [1.165, 1.54) is 0 Å². The molecule has 1 amide bonds. The molecule has 2 aliphatic rings. The maximum Gasteiger partial charge on any atom is 0.254 e. The third kappa shape index (κ3) is 0.868. The first-order valence-corrected chi connectivity index (χ1v) is 3.61. The second-order valence-corrected chi connectivity index (χ2v) is 2.73. The van der Waals surface area contributed by atoms with Gasteiger partial charge in [0.2, 0.25) is 5.88 Å². The lowest BCUT2D eigenvalue weighted by atomic mass is 10.4. The van der Waals surface area contributed by atoms with Crippen molar-refractivity contribution in [3.05, 3.63) is 23.9 Å². The van der Waals surface area contributed by atoms with Crippen LogP contribution in [0.1, 0.15) is 0 Å². The van der Waals surface area contributed by atoms with Gasteiger partial charge in [0.15, 0.2) is 0 Å². The van der Waals surface area contributed by atoms with Gasteiger partial charge in [-0.1, -0.05) is 0 Å². The summed E-state index contributed by atoms with van der Waals surface area (Å²) in [6, 6.07) is 0. The summed E-state index contributed by atoms with van der Waals surface area (Å²) in [4.78, 5) is 10.9. The molecule has 0 aliphatic carbocycles. The minimum absolute atomic E-state index is 0.0370. The summed E-state index contributed by atoms with van der Waals surface area (Å²) < 4.78 is 0. The van der Waals surface area contributed by atoms with E-state index < -0.39 is 0 Å². The van der Waals surface area contributed by atoms with Gasteiger partial charge in [-0.2, -0.15) is 0 Å². The van der Waals surface area contributed by atoms with Gasteiger partial charge in [-0.3, -0.25) is 4.79 Å². The van der Waals surface area contributed by atoms with Crippen molar-refractivity contribution in [1.29, 1.82) is 0 Å². The highest BCUT2D eigenvalue weighted by Gasteiger charge is 2.28. The fraction of sp³-hybridized carbons (Fsp3) is 0.286. The Balaban J connectivity index is 2.37. The van der Waals surface area contributed by atoms with Crippen molar-refractivity contribution in [3.63, 3.8) is 0 Å². The van der Waals surface area contributed by atoms with Crippen molar-refractivity contribution in [2.75, 3.05) is 13.6 Å². The molecule has 0 spiro atoms. The molecule has 0 saturated carbocycles. The Morgan fingerprint density at radius 3 is 3.17 bits per heavy atom. The second kappa shape index (κ2) is 2.25. The quantitative estimate of drug-likeness (QED) is 0.511. The number of rotatable bonds is 0. The molecule has 0 aromatic heterocycles. The zero-order chi connectivity index (χ0) is 8.72. The molecule has 2 N–H and O–H groups in total. The summed E-state index contributed by atoms with van der Waals surface area (Å²) in [6.45, 7) is 0.688. The van der Waals surface area contributed by atoms with E-state index in [-0.39, 0.29) is 11.8 Å². The number of fused-ring (bicyclic) bond motifs is 1. The zero-order valence-corrected chi connectivity index (χ0v) is 6.61. The van der Waals surface area contributed by atoms with E-state index in [2.05, 4.69) is 5.32 Å². The fourth-order valence-electron chi connectivity index (χ4n) is 1.31. The summed E-state index contributed by atoms with van der Waals surface area (Å²) >= 11 is 0. The fourth-order valence-corrected chi connectivity index (χ4v) is 1.31. The van der Waals surface area contributed by atoms with E-state index in [9.17, 15) is 9.90 Å². The molecule has 5 heteroatoms. The van der Waals surface area contributed by atoms with Gasteiger partial charge in [0.25, 0.3) is 5.91 Å². The van der Waals surface area contributed by atoms with E-state index in [0.717, 1.165) is 6.08 Å². The van der Waals surface area contributed by atoms with Crippen LogP contribution in [0, 0.1) is 0 Å². The summed E-state index contributed by atoms with van der Waals surface area (Å²) in [5, 5.41) is 15.3. The minimum atomic E-state index is -0.287. The molecule has 0 aromatic carbocycles. The predicted molar refractivity (Wildman–Crippen MR) is 41.4 cm³/mol.